The molecule has 2 N–H and O–H groups in total. The predicted octanol–water partition coefficient (Wildman–Crippen LogP) is 2.94. The monoisotopic (exact) mass is 228 g/mol. The lowest BCUT2D eigenvalue weighted by molar-refractivity contribution is 0.0506. The zero-order valence-corrected chi connectivity index (χ0v) is 9.84. The Bertz CT molecular complexity index is 471. The summed E-state index contributed by atoms with van der Waals surface area (Å²) in [4.78, 5) is 4.20. The van der Waals surface area contributed by atoms with E-state index in [-0.39, 0.29) is 6.10 Å². The number of nitrogen functional groups attached to an aromatic ring is 1. The van der Waals surface area contributed by atoms with E-state index < -0.39 is 0 Å². The molecule has 0 radical (unpaired) electrons. The van der Waals surface area contributed by atoms with Gasteiger partial charge in [0.05, 0.1) is 18.4 Å². The molecule has 0 saturated carbocycles. The average molecular weight is 228 g/mol. The number of nitrogens with zero attached hydrogens (tertiary/aromatic N) is 1. The minimum atomic E-state index is 0.0550. The summed E-state index contributed by atoms with van der Waals surface area (Å²) in [5.41, 5.74) is 8.41. The molecule has 1 aromatic heterocycles. The van der Waals surface area contributed by atoms with Crippen molar-refractivity contribution in [3.63, 3.8) is 0 Å². The molecule has 17 heavy (non-hydrogen) atoms. The van der Waals surface area contributed by atoms with Crippen LogP contribution in [0.15, 0.2) is 48.7 Å². The third-order valence-electron chi connectivity index (χ3n) is 2.59. The molecule has 88 valence electrons. The van der Waals surface area contributed by atoms with Gasteiger partial charge in [-0.15, -0.1) is 0 Å². The highest BCUT2D eigenvalue weighted by Crippen LogP contribution is 2.17. The second-order valence-electron chi connectivity index (χ2n) is 3.94. The third-order valence-corrected chi connectivity index (χ3v) is 2.59. The van der Waals surface area contributed by atoms with Crippen molar-refractivity contribution in [1.29, 1.82) is 0 Å². The van der Waals surface area contributed by atoms with Gasteiger partial charge in [-0.2, -0.15) is 0 Å². The lowest BCUT2D eigenvalue weighted by Crippen LogP contribution is -2.02. The molecule has 3 nitrogen and oxygen atoms in total. The molecule has 1 aromatic carbocycles. The fourth-order valence-corrected chi connectivity index (χ4v) is 1.61. The smallest absolute Gasteiger partial charge is 0.0896 e. The van der Waals surface area contributed by atoms with Crippen LogP contribution in [0.1, 0.15) is 24.3 Å². The van der Waals surface area contributed by atoms with E-state index in [0.29, 0.717) is 12.3 Å². The minimum absolute atomic E-state index is 0.0550. The predicted molar refractivity (Wildman–Crippen MR) is 68.3 cm³/mol. The topological polar surface area (TPSA) is 48.1 Å². The van der Waals surface area contributed by atoms with E-state index >= 15 is 0 Å². The van der Waals surface area contributed by atoms with E-state index in [9.17, 15) is 0 Å². The molecule has 0 amide bonds. The number of hydrogen-bond donors (Lipinski definition) is 1. The maximum atomic E-state index is 5.75. The highest BCUT2D eigenvalue weighted by Gasteiger charge is 2.05. The van der Waals surface area contributed by atoms with E-state index in [1.807, 2.05) is 31.2 Å². The Kier molecular flexibility index (Phi) is 3.73. The first-order chi connectivity index (χ1) is 8.25. The first kappa shape index (κ1) is 11.6. The standard InChI is InChI=1S/C14H16N2O/c1-11(12-5-3-2-4-6-12)17-10-14-9-13(15)7-8-16-14/h2-9,11H,10H2,1H3,(H2,15,16). The SMILES string of the molecule is CC(OCc1cc(N)ccn1)c1ccccc1. The van der Waals surface area contributed by atoms with Crippen molar-refractivity contribution < 1.29 is 4.74 Å². The van der Waals surface area contributed by atoms with Gasteiger partial charge in [0.1, 0.15) is 0 Å². The Morgan fingerprint density at radius 3 is 2.71 bits per heavy atom. The fraction of sp³-hybridized carbons (Fsp3) is 0.214. The summed E-state index contributed by atoms with van der Waals surface area (Å²) in [5, 5.41) is 0. The van der Waals surface area contributed by atoms with Gasteiger partial charge in [0, 0.05) is 11.9 Å². The Balaban J connectivity index is 1.95. The summed E-state index contributed by atoms with van der Waals surface area (Å²) >= 11 is 0. The van der Waals surface area contributed by atoms with E-state index in [0.717, 1.165) is 11.3 Å². The summed E-state index contributed by atoms with van der Waals surface area (Å²) in [6, 6.07) is 13.7. The zero-order valence-electron chi connectivity index (χ0n) is 9.84. The van der Waals surface area contributed by atoms with Gasteiger partial charge in [-0.1, -0.05) is 30.3 Å². The third kappa shape index (κ3) is 3.29. The van der Waals surface area contributed by atoms with Crippen LogP contribution < -0.4 is 5.73 Å². The lowest BCUT2D eigenvalue weighted by atomic mass is 10.1. The molecule has 0 aliphatic carbocycles. The summed E-state index contributed by atoms with van der Waals surface area (Å²) in [7, 11) is 0. The Morgan fingerprint density at radius 2 is 2.00 bits per heavy atom. The van der Waals surface area contributed by atoms with Crippen molar-refractivity contribution in [2.45, 2.75) is 19.6 Å². The lowest BCUT2D eigenvalue weighted by Gasteiger charge is -2.13. The van der Waals surface area contributed by atoms with Gasteiger partial charge in [0.25, 0.3) is 0 Å². The number of benzene rings is 1. The highest BCUT2D eigenvalue weighted by atomic mass is 16.5. The molecular weight excluding hydrogens is 212 g/mol. The molecule has 0 aliphatic heterocycles. The largest absolute Gasteiger partial charge is 0.399 e. The van der Waals surface area contributed by atoms with Crippen molar-refractivity contribution in [3.8, 4) is 0 Å². The number of hydrogen-bond acceptors (Lipinski definition) is 3. The van der Waals surface area contributed by atoms with Crippen LogP contribution in [0.3, 0.4) is 0 Å². The minimum Gasteiger partial charge on any atom is -0.399 e. The van der Waals surface area contributed by atoms with Crippen LogP contribution >= 0.6 is 0 Å². The van der Waals surface area contributed by atoms with E-state index in [2.05, 4.69) is 17.1 Å². The molecule has 3 heteroatoms. The van der Waals surface area contributed by atoms with Crippen LogP contribution in [0.2, 0.25) is 0 Å². The zero-order chi connectivity index (χ0) is 12.1. The first-order valence-electron chi connectivity index (χ1n) is 5.62. The number of pyridine rings is 1. The van der Waals surface area contributed by atoms with E-state index in [1.54, 1.807) is 12.3 Å². The van der Waals surface area contributed by atoms with Crippen molar-refractivity contribution in [3.05, 3.63) is 59.9 Å². The van der Waals surface area contributed by atoms with Crippen molar-refractivity contribution in [2.24, 2.45) is 0 Å². The van der Waals surface area contributed by atoms with Gasteiger partial charge in [-0.3, -0.25) is 4.98 Å². The Labute approximate surface area is 101 Å². The molecule has 0 saturated heterocycles. The van der Waals surface area contributed by atoms with Crippen LogP contribution in [0.25, 0.3) is 0 Å². The molecule has 2 rings (SSSR count). The first-order valence-corrected chi connectivity index (χ1v) is 5.62. The number of nitrogens with two attached hydrogens (primary N) is 1. The van der Waals surface area contributed by atoms with Crippen LogP contribution in [-0.2, 0) is 11.3 Å². The fourth-order valence-electron chi connectivity index (χ4n) is 1.61. The van der Waals surface area contributed by atoms with Crippen LogP contribution in [0, 0.1) is 0 Å². The Morgan fingerprint density at radius 1 is 1.24 bits per heavy atom. The van der Waals surface area contributed by atoms with Crippen molar-refractivity contribution >= 4 is 5.69 Å². The van der Waals surface area contributed by atoms with Crippen molar-refractivity contribution in [2.75, 3.05) is 5.73 Å². The maximum Gasteiger partial charge on any atom is 0.0896 e. The summed E-state index contributed by atoms with van der Waals surface area (Å²) in [5.74, 6) is 0. The van der Waals surface area contributed by atoms with Crippen LogP contribution in [0.4, 0.5) is 5.69 Å². The molecule has 1 unspecified atom stereocenters. The molecule has 1 atom stereocenters. The number of anilines is 1. The highest BCUT2D eigenvalue weighted by molar-refractivity contribution is 5.36. The van der Waals surface area contributed by atoms with Gasteiger partial charge in [-0.25, -0.2) is 0 Å². The number of aromatic nitrogens is 1. The van der Waals surface area contributed by atoms with Crippen LogP contribution in [0.5, 0.6) is 0 Å². The molecule has 2 aromatic rings. The summed E-state index contributed by atoms with van der Waals surface area (Å²) < 4.78 is 5.75. The maximum absolute atomic E-state index is 5.75. The summed E-state index contributed by atoms with van der Waals surface area (Å²) in [6.45, 7) is 2.50. The van der Waals surface area contributed by atoms with Gasteiger partial charge in [0.2, 0.25) is 0 Å². The molecule has 0 fully saturated rings. The molecule has 0 aliphatic rings. The normalized spacial score (nSPS) is 12.3. The Hall–Kier alpha value is -1.87. The van der Waals surface area contributed by atoms with E-state index in [1.165, 1.54) is 0 Å². The molecule has 1 heterocycles. The van der Waals surface area contributed by atoms with Crippen molar-refractivity contribution in [1.82, 2.24) is 4.98 Å². The summed E-state index contributed by atoms with van der Waals surface area (Å²) in [6.07, 6.45) is 1.75. The van der Waals surface area contributed by atoms with Crippen LogP contribution in [-0.4, -0.2) is 4.98 Å². The van der Waals surface area contributed by atoms with E-state index in [4.69, 9.17) is 10.5 Å². The quantitative estimate of drug-likeness (QED) is 0.875. The second-order valence-corrected chi connectivity index (χ2v) is 3.94. The molecular formula is C14H16N2O. The molecule has 0 bridgehead atoms. The van der Waals surface area contributed by atoms with Gasteiger partial charge in [0.15, 0.2) is 0 Å². The average Bonchev–Trinajstić information content (AvgIpc) is 2.37. The number of ether oxygens (including phenoxy) is 1. The van der Waals surface area contributed by atoms with Gasteiger partial charge >= 0.3 is 0 Å². The number of rotatable bonds is 4. The van der Waals surface area contributed by atoms with Gasteiger partial charge < -0.3 is 10.5 Å². The van der Waals surface area contributed by atoms with Gasteiger partial charge in [-0.05, 0) is 24.6 Å². The molecule has 0 spiro atoms. The second kappa shape index (κ2) is 5.46.